The lowest BCUT2D eigenvalue weighted by molar-refractivity contribution is -0.118. The van der Waals surface area contributed by atoms with Gasteiger partial charge in [0.05, 0.1) is 12.0 Å². The van der Waals surface area contributed by atoms with Gasteiger partial charge in [-0.2, -0.15) is 5.10 Å². The lowest BCUT2D eigenvalue weighted by atomic mass is 10.1. The van der Waals surface area contributed by atoms with Crippen LogP contribution in [0.5, 0.6) is 0 Å². The van der Waals surface area contributed by atoms with Crippen LogP contribution < -0.4 is 5.43 Å². The molecular formula is C26H22ClN5OS. The van der Waals surface area contributed by atoms with Crippen LogP contribution in [0.1, 0.15) is 12.5 Å². The SMILES string of the molecule is CC(/C=N/NC(=O)CSc1nnc(-c2ccccc2)n1-c1ccc(Cl)cc1)=C\c1ccccc1. The molecule has 0 aliphatic heterocycles. The van der Waals surface area contributed by atoms with Gasteiger partial charge < -0.3 is 0 Å². The molecule has 3 aromatic carbocycles. The molecular weight excluding hydrogens is 466 g/mol. The lowest BCUT2D eigenvalue weighted by Crippen LogP contribution is -2.20. The number of benzene rings is 3. The smallest absolute Gasteiger partial charge is 0.250 e. The van der Waals surface area contributed by atoms with Gasteiger partial charge in [-0.05, 0) is 42.3 Å². The van der Waals surface area contributed by atoms with Crippen molar-refractivity contribution in [1.82, 2.24) is 20.2 Å². The van der Waals surface area contributed by atoms with Crippen LogP contribution in [0.2, 0.25) is 5.02 Å². The topological polar surface area (TPSA) is 72.2 Å². The fourth-order valence-corrected chi connectivity index (χ4v) is 4.05. The van der Waals surface area contributed by atoms with Crippen LogP contribution in [-0.4, -0.2) is 32.6 Å². The number of hydrazone groups is 1. The highest BCUT2D eigenvalue weighted by molar-refractivity contribution is 7.99. The Labute approximate surface area is 207 Å². The molecule has 1 heterocycles. The Bertz CT molecular complexity index is 1300. The van der Waals surface area contributed by atoms with Crippen LogP contribution >= 0.6 is 23.4 Å². The fraction of sp³-hybridized carbons (Fsp3) is 0.0769. The molecule has 34 heavy (non-hydrogen) atoms. The molecule has 8 heteroatoms. The number of hydrogen-bond donors (Lipinski definition) is 1. The molecule has 0 atom stereocenters. The number of thioether (sulfide) groups is 1. The summed E-state index contributed by atoms with van der Waals surface area (Å²) >= 11 is 7.36. The summed E-state index contributed by atoms with van der Waals surface area (Å²) in [7, 11) is 0. The van der Waals surface area contributed by atoms with Crippen molar-refractivity contribution in [2.24, 2.45) is 5.10 Å². The van der Waals surface area contributed by atoms with Crippen LogP contribution in [0.3, 0.4) is 0 Å². The molecule has 170 valence electrons. The average Bonchev–Trinajstić information content (AvgIpc) is 3.28. The first-order chi connectivity index (χ1) is 16.6. The Balaban J connectivity index is 1.45. The van der Waals surface area contributed by atoms with E-state index in [1.807, 2.05) is 102 Å². The first-order valence-electron chi connectivity index (χ1n) is 10.5. The fourth-order valence-electron chi connectivity index (χ4n) is 3.18. The second kappa shape index (κ2) is 11.4. The molecule has 4 rings (SSSR count). The van der Waals surface area contributed by atoms with Gasteiger partial charge in [0.1, 0.15) is 0 Å². The molecule has 0 bridgehead atoms. The van der Waals surface area contributed by atoms with E-state index in [2.05, 4.69) is 20.7 Å². The van der Waals surface area contributed by atoms with Crippen molar-refractivity contribution in [3.8, 4) is 17.1 Å². The van der Waals surface area contributed by atoms with Crippen molar-refractivity contribution in [1.29, 1.82) is 0 Å². The number of hydrogen-bond acceptors (Lipinski definition) is 5. The summed E-state index contributed by atoms with van der Waals surface area (Å²) < 4.78 is 1.92. The monoisotopic (exact) mass is 487 g/mol. The molecule has 0 aliphatic carbocycles. The number of rotatable bonds is 8. The standard InChI is InChI=1S/C26H22ClN5OS/c1-19(16-20-8-4-2-5-9-20)17-28-29-24(33)18-34-26-31-30-25(21-10-6-3-7-11-21)32(26)23-14-12-22(27)13-15-23/h2-17H,18H2,1H3,(H,29,33)/b19-16+,28-17+. The van der Waals surface area contributed by atoms with E-state index in [4.69, 9.17) is 11.6 Å². The maximum Gasteiger partial charge on any atom is 0.250 e. The van der Waals surface area contributed by atoms with Crippen molar-refractivity contribution in [2.45, 2.75) is 12.1 Å². The maximum atomic E-state index is 12.4. The molecule has 4 aromatic rings. The molecule has 6 nitrogen and oxygen atoms in total. The lowest BCUT2D eigenvalue weighted by Gasteiger charge is -2.10. The molecule has 0 saturated heterocycles. The van der Waals surface area contributed by atoms with E-state index in [1.54, 1.807) is 6.21 Å². The second-order valence-electron chi connectivity index (χ2n) is 7.36. The molecule has 0 unspecified atom stereocenters. The largest absolute Gasteiger partial charge is 0.272 e. The van der Waals surface area contributed by atoms with Crippen LogP contribution in [0.25, 0.3) is 23.2 Å². The third kappa shape index (κ3) is 6.21. The normalized spacial score (nSPS) is 11.6. The van der Waals surface area contributed by atoms with Gasteiger partial charge in [0.25, 0.3) is 5.91 Å². The third-order valence-electron chi connectivity index (χ3n) is 4.73. The first-order valence-corrected chi connectivity index (χ1v) is 11.9. The van der Waals surface area contributed by atoms with Crippen molar-refractivity contribution in [3.63, 3.8) is 0 Å². The number of allylic oxidation sites excluding steroid dienone is 1. The number of carbonyl (C=O) groups is 1. The van der Waals surface area contributed by atoms with Gasteiger partial charge in [0, 0.05) is 16.3 Å². The predicted octanol–water partition coefficient (Wildman–Crippen LogP) is 5.89. The highest BCUT2D eigenvalue weighted by Gasteiger charge is 2.17. The summed E-state index contributed by atoms with van der Waals surface area (Å²) in [6.45, 7) is 1.93. The molecule has 0 fully saturated rings. The van der Waals surface area contributed by atoms with Crippen LogP contribution in [0.4, 0.5) is 0 Å². The van der Waals surface area contributed by atoms with E-state index in [0.29, 0.717) is 16.0 Å². The summed E-state index contributed by atoms with van der Waals surface area (Å²) in [4.78, 5) is 12.4. The quantitative estimate of drug-likeness (QED) is 0.191. The van der Waals surface area contributed by atoms with Gasteiger partial charge in [-0.1, -0.05) is 90.1 Å². The van der Waals surface area contributed by atoms with Crippen molar-refractivity contribution < 1.29 is 4.79 Å². The second-order valence-corrected chi connectivity index (χ2v) is 8.74. The Morgan fingerprint density at radius 3 is 2.38 bits per heavy atom. The number of aromatic nitrogens is 3. The van der Waals surface area contributed by atoms with Crippen molar-refractivity contribution in [3.05, 3.63) is 101 Å². The van der Waals surface area contributed by atoms with Crippen LogP contribution in [0.15, 0.2) is 101 Å². The zero-order valence-corrected chi connectivity index (χ0v) is 20.0. The average molecular weight is 488 g/mol. The van der Waals surface area contributed by atoms with E-state index in [-0.39, 0.29) is 11.7 Å². The molecule has 0 saturated carbocycles. The highest BCUT2D eigenvalue weighted by atomic mass is 35.5. The minimum absolute atomic E-state index is 0.138. The predicted molar refractivity (Wildman–Crippen MR) is 139 cm³/mol. The Kier molecular flexibility index (Phi) is 7.91. The number of nitrogens with zero attached hydrogens (tertiary/aromatic N) is 4. The zero-order valence-electron chi connectivity index (χ0n) is 18.4. The van der Waals surface area contributed by atoms with E-state index in [0.717, 1.165) is 22.4 Å². The van der Waals surface area contributed by atoms with Gasteiger partial charge >= 0.3 is 0 Å². The van der Waals surface area contributed by atoms with Crippen LogP contribution in [-0.2, 0) is 4.79 Å². The Morgan fingerprint density at radius 1 is 1.00 bits per heavy atom. The molecule has 1 aromatic heterocycles. The van der Waals surface area contributed by atoms with Crippen molar-refractivity contribution >= 4 is 41.6 Å². The Morgan fingerprint density at radius 2 is 1.68 bits per heavy atom. The zero-order chi connectivity index (χ0) is 23.8. The Hall–Kier alpha value is -3.68. The van der Waals surface area contributed by atoms with Crippen molar-refractivity contribution in [2.75, 3.05) is 5.75 Å². The molecule has 1 amide bonds. The van der Waals surface area contributed by atoms with Gasteiger partial charge in [0.15, 0.2) is 11.0 Å². The van der Waals surface area contributed by atoms with E-state index in [1.165, 1.54) is 11.8 Å². The summed E-state index contributed by atoms with van der Waals surface area (Å²) in [5.74, 6) is 0.588. The third-order valence-corrected chi connectivity index (χ3v) is 5.91. The molecule has 1 N–H and O–H groups in total. The number of halogens is 1. The highest BCUT2D eigenvalue weighted by Crippen LogP contribution is 2.28. The van der Waals surface area contributed by atoms with Gasteiger partial charge in [0.2, 0.25) is 0 Å². The summed E-state index contributed by atoms with van der Waals surface area (Å²) in [5, 5.41) is 14.0. The van der Waals surface area contributed by atoms with Gasteiger partial charge in [-0.3, -0.25) is 9.36 Å². The number of nitrogens with one attached hydrogen (secondary N) is 1. The molecule has 0 aliphatic rings. The van der Waals surface area contributed by atoms with E-state index >= 15 is 0 Å². The summed E-state index contributed by atoms with van der Waals surface area (Å²) in [5.41, 5.74) is 6.35. The first kappa shape index (κ1) is 23.5. The minimum atomic E-state index is -0.235. The van der Waals surface area contributed by atoms with Gasteiger partial charge in [-0.15, -0.1) is 10.2 Å². The molecule has 0 radical (unpaired) electrons. The minimum Gasteiger partial charge on any atom is -0.272 e. The summed E-state index contributed by atoms with van der Waals surface area (Å²) in [6, 6.07) is 27.1. The summed E-state index contributed by atoms with van der Waals surface area (Å²) in [6.07, 6.45) is 3.61. The van der Waals surface area contributed by atoms with Gasteiger partial charge in [-0.25, -0.2) is 5.43 Å². The van der Waals surface area contributed by atoms with E-state index in [9.17, 15) is 4.79 Å². The maximum absolute atomic E-state index is 12.4. The molecule has 0 spiro atoms. The van der Waals surface area contributed by atoms with Crippen LogP contribution in [0, 0.1) is 0 Å². The van der Waals surface area contributed by atoms with E-state index < -0.39 is 0 Å². The number of carbonyl (C=O) groups excluding carboxylic acids is 1. The number of amides is 1.